The molecule has 18 heavy (non-hydrogen) atoms. The van der Waals surface area contributed by atoms with Crippen LogP contribution in [0.4, 0.5) is 0 Å². The van der Waals surface area contributed by atoms with E-state index in [-0.39, 0.29) is 17.1 Å². The molecule has 0 spiro atoms. The van der Waals surface area contributed by atoms with Crippen molar-refractivity contribution in [2.45, 2.75) is 0 Å². The molecule has 3 rings (SSSR count). The summed E-state index contributed by atoms with van der Waals surface area (Å²) in [6, 6.07) is 10.2. The highest BCUT2D eigenvalue weighted by atomic mass is 35.5. The molecule has 0 atom stereocenters. The molecule has 0 saturated heterocycles. The third-order valence-corrected chi connectivity index (χ3v) is 3.19. The molecule has 1 heterocycles. The SMILES string of the molecule is O=C1C(c2ncccc2Cl)=C(O)c2ccccc21. The van der Waals surface area contributed by atoms with E-state index in [1.807, 2.05) is 0 Å². The van der Waals surface area contributed by atoms with Gasteiger partial charge in [0.1, 0.15) is 5.76 Å². The number of hydrogen-bond acceptors (Lipinski definition) is 3. The van der Waals surface area contributed by atoms with Gasteiger partial charge in [-0.25, -0.2) is 0 Å². The van der Waals surface area contributed by atoms with Gasteiger partial charge in [0.2, 0.25) is 0 Å². The summed E-state index contributed by atoms with van der Waals surface area (Å²) < 4.78 is 0. The van der Waals surface area contributed by atoms with Crippen molar-refractivity contribution >= 4 is 28.7 Å². The molecule has 0 fully saturated rings. The lowest BCUT2D eigenvalue weighted by Crippen LogP contribution is -2.00. The van der Waals surface area contributed by atoms with Gasteiger partial charge in [0, 0.05) is 17.3 Å². The summed E-state index contributed by atoms with van der Waals surface area (Å²) in [5.74, 6) is -0.306. The lowest BCUT2D eigenvalue weighted by molar-refractivity contribution is 0.105. The number of Topliss-reactive ketones (excluding diaryl/α,β-unsaturated/α-hetero) is 1. The number of aliphatic hydroxyl groups is 1. The van der Waals surface area contributed by atoms with Crippen LogP contribution in [0.1, 0.15) is 21.6 Å². The number of ketones is 1. The Bertz CT molecular complexity index is 692. The van der Waals surface area contributed by atoms with E-state index in [1.54, 1.807) is 36.4 Å². The van der Waals surface area contributed by atoms with E-state index in [0.717, 1.165) is 0 Å². The summed E-state index contributed by atoms with van der Waals surface area (Å²) in [5, 5.41) is 10.5. The molecule has 0 radical (unpaired) electrons. The summed E-state index contributed by atoms with van der Waals surface area (Å²) in [6.07, 6.45) is 1.54. The van der Waals surface area contributed by atoms with Crippen LogP contribution in [-0.2, 0) is 0 Å². The molecule has 1 N–H and O–H groups in total. The predicted molar refractivity (Wildman–Crippen MR) is 69.5 cm³/mol. The number of aromatic nitrogens is 1. The van der Waals surface area contributed by atoms with E-state index < -0.39 is 0 Å². The van der Waals surface area contributed by atoms with Crippen molar-refractivity contribution < 1.29 is 9.90 Å². The Morgan fingerprint density at radius 2 is 1.78 bits per heavy atom. The molecule has 4 heteroatoms. The van der Waals surface area contributed by atoms with Gasteiger partial charge in [0.25, 0.3) is 0 Å². The number of aliphatic hydroxyl groups excluding tert-OH is 1. The number of halogens is 1. The number of fused-ring (bicyclic) bond motifs is 1. The number of hydrogen-bond donors (Lipinski definition) is 1. The van der Waals surface area contributed by atoms with Crippen molar-refractivity contribution in [1.29, 1.82) is 0 Å². The zero-order valence-corrected chi connectivity index (χ0v) is 9.98. The van der Waals surface area contributed by atoms with E-state index in [1.165, 1.54) is 6.20 Å². The van der Waals surface area contributed by atoms with Crippen LogP contribution >= 0.6 is 11.6 Å². The van der Waals surface area contributed by atoms with Crippen LogP contribution in [0.2, 0.25) is 5.02 Å². The molecule has 3 nitrogen and oxygen atoms in total. The van der Waals surface area contributed by atoms with Gasteiger partial charge in [-0.3, -0.25) is 9.78 Å². The number of carbonyl (C=O) groups excluding carboxylic acids is 1. The van der Waals surface area contributed by atoms with Crippen LogP contribution in [0.5, 0.6) is 0 Å². The van der Waals surface area contributed by atoms with Crippen molar-refractivity contribution in [3.63, 3.8) is 0 Å². The maximum absolute atomic E-state index is 12.2. The van der Waals surface area contributed by atoms with E-state index in [9.17, 15) is 9.90 Å². The highest BCUT2D eigenvalue weighted by Crippen LogP contribution is 2.37. The highest BCUT2D eigenvalue weighted by molar-refractivity contribution is 6.42. The molecule has 1 aromatic heterocycles. The van der Waals surface area contributed by atoms with Gasteiger partial charge in [0.15, 0.2) is 5.78 Å². The minimum atomic E-state index is -0.247. The van der Waals surface area contributed by atoms with E-state index in [0.29, 0.717) is 21.8 Å². The quantitative estimate of drug-likeness (QED) is 0.852. The van der Waals surface area contributed by atoms with Crippen LogP contribution in [0, 0.1) is 0 Å². The van der Waals surface area contributed by atoms with Crippen molar-refractivity contribution in [2.24, 2.45) is 0 Å². The standard InChI is InChI=1S/C14H8ClNO2/c15-10-6-3-7-16-12(10)11-13(17)8-4-1-2-5-9(8)14(11)18/h1-7,17H. The van der Waals surface area contributed by atoms with Gasteiger partial charge < -0.3 is 5.11 Å². The van der Waals surface area contributed by atoms with Gasteiger partial charge in [-0.05, 0) is 12.1 Å². The number of rotatable bonds is 1. The first-order valence-corrected chi connectivity index (χ1v) is 5.76. The normalized spacial score (nSPS) is 13.9. The van der Waals surface area contributed by atoms with Gasteiger partial charge in [-0.2, -0.15) is 0 Å². The fraction of sp³-hybridized carbons (Fsp3) is 0. The summed E-state index contributed by atoms with van der Waals surface area (Å²) >= 11 is 6.02. The van der Waals surface area contributed by atoms with Crippen LogP contribution in [0.15, 0.2) is 42.6 Å². The monoisotopic (exact) mass is 257 g/mol. The van der Waals surface area contributed by atoms with Crippen molar-refractivity contribution in [1.82, 2.24) is 4.98 Å². The zero-order chi connectivity index (χ0) is 12.7. The Kier molecular flexibility index (Phi) is 2.42. The van der Waals surface area contributed by atoms with Crippen molar-refractivity contribution in [3.8, 4) is 0 Å². The Morgan fingerprint density at radius 3 is 2.44 bits per heavy atom. The number of carbonyl (C=O) groups is 1. The second kappa shape index (κ2) is 3.96. The number of nitrogens with zero attached hydrogens (tertiary/aromatic N) is 1. The van der Waals surface area contributed by atoms with Crippen LogP contribution in [0.25, 0.3) is 11.3 Å². The summed E-state index contributed by atoms with van der Waals surface area (Å²) in [7, 11) is 0. The molecule has 0 amide bonds. The van der Waals surface area contributed by atoms with Gasteiger partial charge in [-0.15, -0.1) is 0 Å². The first-order chi connectivity index (χ1) is 8.70. The molecule has 2 aromatic rings. The maximum Gasteiger partial charge on any atom is 0.199 e. The van der Waals surface area contributed by atoms with Crippen LogP contribution < -0.4 is 0 Å². The van der Waals surface area contributed by atoms with Crippen LogP contribution in [-0.4, -0.2) is 15.9 Å². The number of pyridine rings is 1. The van der Waals surface area contributed by atoms with Gasteiger partial charge in [0.05, 0.1) is 16.3 Å². The topological polar surface area (TPSA) is 50.2 Å². The highest BCUT2D eigenvalue weighted by Gasteiger charge is 2.32. The number of benzene rings is 1. The molecular weight excluding hydrogens is 250 g/mol. The lowest BCUT2D eigenvalue weighted by Gasteiger charge is -2.03. The molecule has 0 saturated carbocycles. The van der Waals surface area contributed by atoms with Gasteiger partial charge >= 0.3 is 0 Å². The average Bonchev–Trinajstić information content (AvgIpc) is 2.64. The largest absolute Gasteiger partial charge is 0.506 e. The van der Waals surface area contributed by atoms with E-state index in [2.05, 4.69) is 4.98 Å². The Balaban J connectivity index is 2.25. The molecule has 0 aliphatic heterocycles. The summed E-state index contributed by atoms with van der Waals surface area (Å²) in [6.45, 7) is 0. The fourth-order valence-electron chi connectivity index (χ4n) is 2.05. The van der Waals surface area contributed by atoms with Crippen molar-refractivity contribution in [3.05, 3.63) is 64.4 Å². The lowest BCUT2D eigenvalue weighted by atomic mass is 10.1. The minimum absolute atomic E-state index is 0.0591. The minimum Gasteiger partial charge on any atom is -0.506 e. The third-order valence-electron chi connectivity index (χ3n) is 2.89. The van der Waals surface area contributed by atoms with Crippen molar-refractivity contribution in [2.75, 3.05) is 0 Å². The molecule has 1 aliphatic carbocycles. The third kappa shape index (κ3) is 1.45. The van der Waals surface area contributed by atoms with E-state index in [4.69, 9.17) is 11.6 Å². The summed E-state index contributed by atoms with van der Waals surface area (Å²) in [5.41, 5.74) is 1.49. The Morgan fingerprint density at radius 1 is 1.06 bits per heavy atom. The molecule has 88 valence electrons. The first kappa shape index (κ1) is 11.0. The van der Waals surface area contributed by atoms with Gasteiger partial charge in [-0.1, -0.05) is 35.9 Å². The van der Waals surface area contributed by atoms with Crippen LogP contribution in [0.3, 0.4) is 0 Å². The average molecular weight is 258 g/mol. The number of allylic oxidation sites excluding steroid dienone is 1. The molecule has 0 unspecified atom stereocenters. The Hall–Kier alpha value is -2.13. The molecule has 0 bridgehead atoms. The Labute approximate surface area is 108 Å². The smallest absolute Gasteiger partial charge is 0.199 e. The molecule has 1 aromatic carbocycles. The predicted octanol–water partition coefficient (Wildman–Crippen LogP) is 3.36. The fourth-order valence-corrected chi connectivity index (χ4v) is 2.27. The maximum atomic E-state index is 12.2. The first-order valence-electron chi connectivity index (χ1n) is 5.38. The molecule has 1 aliphatic rings. The second-order valence-electron chi connectivity index (χ2n) is 3.93. The molecular formula is C14H8ClNO2. The zero-order valence-electron chi connectivity index (χ0n) is 9.22. The second-order valence-corrected chi connectivity index (χ2v) is 4.34. The van der Waals surface area contributed by atoms with E-state index >= 15 is 0 Å². The summed E-state index contributed by atoms with van der Waals surface area (Å²) in [4.78, 5) is 16.3.